The molecule has 2 aromatic heterocycles. The van der Waals surface area contributed by atoms with Gasteiger partial charge in [0.15, 0.2) is 0 Å². The van der Waals surface area contributed by atoms with Crippen LogP contribution in [0.2, 0.25) is 0 Å². The highest BCUT2D eigenvalue weighted by Gasteiger charge is 2.30. The van der Waals surface area contributed by atoms with Gasteiger partial charge in [0.2, 0.25) is 5.91 Å². The van der Waals surface area contributed by atoms with Gasteiger partial charge in [0.05, 0.1) is 11.7 Å². The molecule has 0 saturated heterocycles. The smallest absolute Gasteiger partial charge is 0.238 e. The summed E-state index contributed by atoms with van der Waals surface area (Å²) in [7, 11) is 0. The van der Waals surface area contributed by atoms with E-state index in [1.165, 1.54) is 0 Å². The van der Waals surface area contributed by atoms with Crippen LogP contribution < -0.4 is 11.1 Å². The Kier molecular flexibility index (Phi) is 4.90. The second kappa shape index (κ2) is 6.49. The standard InChI is InChI=1S/C15H22N4OS/c1-15(2,21-3)13(16)14(20)17-8-7-11-10-19-9-5-4-6-12(19)18-11/h4-6,9-10,13H,7-8,16H2,1-3H3,(H,17,20)/t13-/m1/s1. The maximum atomic E-state index is 12.0. The molecule has 0 spiro atoms. The van der Waals surface area contributed by atoms with Crippen LogP contribution in [0.3, 0.4) is 0 Å². The molecule has 0 aliphatic rings. The summed E-state index contributed by atoms with van der Waals surface area (Å²) in [6.07, 6.45) is 6.60. The summed E-state index contributed by atoms with van der Waals surface area (Å²) in [5, 5.41) is 2.89. The number of thioether (sulfide) groups is 1. The van der Waals surface area contributed by atoms with Crippen molar-refractivity contribution in [3.8, 4) is 0 Å². The number of nitrogens with zero attached hydrogens (tertiary/aromatic N) is 2. The van der Waals surface area contributed by atoms with E-state index in [-0.39, 0.29) is 10.7 Å². The molecular formula is C15H22N4OS. The van der Waals surface area contributed by atoms with E-state index in [9.17, 15) is 4.79 Å². The molecule has 0 unspecified atom stereocenters. The number of carbonyl (C=O) groups is 1. The second-order valence-electron chi connectivity index (χ2n) is 5.52. The van der Waals surface area contributed by atoms with Gasteiger partial charge in [-0.3, -0.25) is 4.79 Å². The van der Waals surface area contributed by atoms with Crippen molar-refractivity contribution in [1.29, 1.82) is 0 Å². The van der Waals surface area contributed by atoms with Crippen LogP contribution in [0, 0.1) is 0 Å². The van der Waals surface area contributed by atoms with Crippen molar-refractivity contribution in [2.45, 2.75) is 31.1 Å². The first-order valence-electron chi connectivity index (χ1n) is 6.95. The molecule has 0 bridgehead atoms. The van der Waals surface area contributed by atoms with E-state index < -0.39 is 6.04 Å². The highest BCUT2D eigenvalue weighted by molar-refractivity contribution is 8.00. The Morgan fingerprint density at radius 3 is 2.95 bits per heavy atom. The van der Waals surface area contributed by atoms with Crippen molar-refractivity contribution < 1.29 is 4.79 Å². The van der Waals surface area contributed by atoms with Crippen molar-refractivity contribution >= 4 is 23.3 Å². The summed E-state index contributed by atoms with van der Waals surface area (Å²) in [5.74, 6) is -0.113. The topological polar surface area (TPSA) is 72.4 Å². The molecule has 1 atom stereocenters. The van der Waals surface area contributed by atoms with Gasteiger partial charge in [-0.05, 0) is 32.2 Å². The van der Waals surface area contributed by atoms with Crippen LogP contribution in [-0.2, 0) is 11.2 Å². The molecule has 0 aliphatic heterocycles. The van der Waals surface area contributed by atoms with Crippen molar-refractivity contribution in [3.05, 3.63) is 36.3 Å². The fraction of sp³-hybridized carbons (Fsp3) is 0.467. The van der Waals surface area contributed by atoms with Crippen molar-refractivity contribution in [2.75, 3.05) is 12.8 Å². The first-order chi connectivity index (χ1) is 9.94. The van der Waals surface area contributed by atoms with Crippen LogP contribution in [0.25, 0.3) is 5.65 Å². The number of imidazole rings is 1. The Morgan fingerprint density at radius 2 is 2.29 bits per heavy atom. The lowest BCUT2D eigenvalue weighted by Crippen LogP contribution is -2.52. The summed E-state index contributed by atoms with van der Waals surface area (Å²) in [5.41, 5.74) is 7.87. The van der Waals surface area contributed by atoms with Crippen LogP contribution in [0.5, 0.6) is 0 Å². The molecule has 1 amide bonds. The third kappa shape index (κ3) is 3.77. The Balaban J connectivity index is 1.88. The fourth-order valence-electron chi connectivity index (χ4n) is 1.97. The normalized spacial score (nSPS) is 13.3. The third-order valence-corrected chi connectivity index (χ3v) is 4.96. The summed E-state index contributed by atoms with van der Waals surface area (Å²) in [6.45, 7) is 4.49. The molecule has 0 saturated carbocycles. The molecular weight excluding hydrogens is 284 g/mol. The number of fused-ring (bicyclic) bond motifs is 1. The zero-order chi connectivity index (χ0) is 15.5. The van der Waals surface area contributed by atoms with Gasteiger partial charge in [0, 0.05) is 30.1 Å². The molecule has 2 rings (SSSR count). The Hall–Kier alpha value is -1.53. The van der Waals surface area contributed by atoms with E-state index in [0.717, 1.165) is 11.3 Å². The predicted molar refractivity (Wildman–Crippen MR) is 87.5 cm³/mol. The van der Waals surface area contributed by atoms with Crippen LogP contribution >= 0.6 is 11.8 Å². The SMILES string of the molecule is CSC(C)(C)[C@H](N)C(=O)NCCc1cn2ccccc2n1. The molecule has 0 aliphatic carbocycles. The number of pyridine rings is 1. The quantitative estimate of drug-likeness (QED) is 0.847. The summed E-state index contributed by atoms with van der Waals surface area (Å²) in [6, 6.07) is 5.36. The summed E-state index contributed by atoms with van der Waals surface area (Å²) >= 11 is 1.59. The van der Waals surface area contributed by atoms with Crippen molar-refractivity contribution in [1.82, 2.24) is 14.7 Å². The number of carbonyl (C=O) groups excluding carboxylic acids is 1. The maximum Gasteiger partial charge on any atom is 0.238 e. The van der Waals surface area contributed by atoms with E-state index >= 15 is 0 Å². The Labute approximate surface area is 129 Å². The minimum Gasteiger partial charge on any atom is -0.354 e. The van der Waals surface area contributed by atoms with Crippen LogP contribution in [0.15, 0.2) is 30.6 Å². The molecule has 6 heteroatoms. The molecule has 21 heavy (non-hydrogen) atoms. The van der Waals surface area contributed by atoms with Crippen molar-refractivity contribution in [3.63, 3.8) is 0 Å². The molecule has 114 valence electrons. The fourth-order valence-corrected chi connectivity index (χ4v) is 2.34. The van der Waals surface area contributed by atoms with Gasteiger partial charge in [-0.2, -0.15) is 11.8 Å². The van der Waals surface area contributed by atoms with E-state index in [1.54, 1.807) is 11.8 Å². The summed E-state index contributed by atoms with van der Waals surface area (Å²) < 4.78 is 1.70. The zero-order valence-electron chi connectivity index (χ0n) is 12.7. The molecule has 3 N–H and O–H groups in total. The zero-order valence-corrected chi connectivity index (χ0v) is 13.5. The minimum absolute atomic E-state index is 0.113. The van der Waals surface area contributed by atoms with Gasteiger partial charge in [0.25, 0.3) is 0 Å². The Morgan fingerprint density at radius 1 is 1.52 bits per heavy atom. The second-order valence-corrected chi connectivity index (χ2v) is 6.99. The average Bonchev–Trinajstić information content (AvgIpc) is 2.88. The minimum atomic E-state index is -0.520. The number of rotatable bonds is 6. The van der Waals surface area contributed by atoms with Crippen molar-refractivity contribution in [2.24, 2.45) is 5.73 Å². The number of aromatic nitrogens is 2. The highest BCUT2D eigenvalue weighted by Crippen LogP contribution is 2.24. The number of hydrogen-bond donors (Lipinski definition) is 2. The molecule has 0 radical (unpaired) electrons. The third-order valence-electron chi connectivity index (χ3n) is 3.65. The van der Waals surface area contributed by atoms with Gasteiger partial charge in [-0.1, -0.05) is 6.07 Å². The lowest BCUT2D eigenvalue weighted by atomic mass is 10.0. The van der Waals surface area contributed by atoms with Gasteiger partial charge in [0.1, 0.15) is 5.65 Å². The number of hydrogen-bond acceptors (Lipinski definition) is 4. The van der Waals surface area contributed by atoms with Gasteiger partial charge in [-0.15, -0.1) is 0 Å². The first kappa shape index (κ1) is 15.9. The van der Waals surface area contributed by atoms with E-state index in [2.05, 4.69) is 10.3 Å². The Bertz CT molecular complexity index is 590. The molecule has 5 nitrogen and oxygen atoms in total. The highest BCUT2D eigenvalue weighted by atomic mass is 32.2. The average molecular weight is 306 g/mol. The van der Waals surface area contributed by atoms with E-state index in [1.807, 2.05) is 55.1 Å². The number of nitrogens with two attached hydrogens (primary N) is 1. The molecule has 2 heterocycles. The monoisotopic (exact) mass is 306 g/mol. The molecule has 0 fully saturated rings. The summed E-state index contributed by atoms with van der Waals surface area (Å²) in [4.78, 5) is 16.5. The van der Waals surface area contributed by atoms with Crippen LogP contribution in [0.1, 0.15) is 19.5 Å². The van der Waals surface area contributed by atoms with Gasteiger partial charge >= 0.3 is 0 Å². The maximum absolute atomic E-state index is 12.0. The van der Waals surface area contributed by atoms with Gasteiger partial charge in [-0.25, -0.2) is 4.98 Å². The number of amides is 1. The van der Waals surface area contributed by atoms with E-state index in [0.29, 0.717) is 13.0 Å². The number of nitrogens with one attached hydrogen (secondary N) is 1. The van der Waals surface area contributed by atoms with Gasteiger partial charge < -0.3 is 15.5 Å². The first-order valence-corrected chi connectivity index (χ1v) is 8.17. The van der Waals surface area contributed by atoms with Crippen LogP contribution in [-0.4, -0.2) is 38.9 Å². The van der Waals surface area contributed by atoms with Crippen LogP contribution in [0.4, 0.5) is 0 Å². The van der Waals surface area contributed by atoms with E-state index in [4.69, 9.17) is 5.73 Å². The molecule has 0 aromatic carbocycles. The lowest BCUT2D eigenvalue weighted by molar-refractivity contribution is -0.122. The predicted octanol–water partition coefficient (Wildman–Crippen LogP) is 1.46. The largest absolute Gasteiger partial charge is 0.354 e. The lowest BCUT2D eigenvalue weighted by Gasteiger charge is -2.28. The molecule has 2 aromatic rings.